The van der Waals surface area contributed by atoms with Crippen LogP contribution in [0.15, 0.2) is 98.1 Å². The van der Waals surface area contributed by atoms with Crippen molar-refractivity contribution in [3.05, 3.63) is 109 Å². The van der Waals surface area contributed by atoms with Crippen LogP contribution in [0, 0.1) is 0 Å². The summed E-state index contributed by atoms with van der Waals surface area (Å²) < 4.78 is 0. The maximum absolute atomic E-state index is 10.4. The summed E-state index contributed by atoms with van der Waals surface area (Å²) in [5.74, 6) is -1.92. The second-order valence-electron chi connectivity index (χ2n) is 5.08. The highest BCUT2D eigenvalue weighted by Crippen LogP contribution is 2.05. The molecule has 0 aliphatic rings. The lowest BCUT2D eigenvalue weighted by Gasteiger charge is -1.93. The molecule has 0 amide bonds. The van der Waals surface area contributed by atoms with Crippen LogP contribution in [0.5, 0.6) is 0 Å². The Labute approximate surface area is 160 Å². The predicted octanol–water partition coefficient (Wildman–Crippen LogP) is 5.32. The van der Waals surface area contributed by atoms with Crippen LogP contribution >= 0.6 is 0 Å². The van der Waals surface area contributed by atoms with Gasteiger partial charge in [0.15, 0.2) is 0 Å². The average Bonchev–Trinajstić information content (AvgIpc) is 2.70. The molecule has 140 valence electrons. The number of carboxylic acids is 2. The van der Waals surface area contributed by atoms with Crippen molar-refractivity contribution >= 4 is 24.1 Å². The summed E-state index contributed by atoms with van der Waals surface area (Å²) in [5.41, 5.74) is 2.44. The minimum atomic E-state index is -0.981. The van der Waals surface area contributed by atoms with Gasteiger partial charge in [-0.2, -0.15) is 0 Å². The fourth-order valence-electron chi connectivity index (χ4n) is 1.58. The minimum Gasteiger partial charge on any atom is -0.478 e. The van der Waals surface area contributed by atoms with E-state index in [1.54, 1.807) is 6.08 Å². The van der Waals surface area contributed by atoms with Gasteiger partial charge in [0, 0.05) is 11.6 Å². The Morgan fingerprint density at radius 3 is 1.63 bits per heavy atom. The topological polar surface area (TPSA) is 74.6 Å². The first-order valence-corrected chi connectivity index (χ1v) is 8.06. The van der Waals surface area contributed by atoms with E-state index in [4.69, 9.17) is 10.2 Å². The number of hydrogen-bond donors (Lipinski definition) is 2. The van der Waals surface area contributed by atoms with E-state index in [2.05, 4.69) is 19.7 Å². The van der Waals surface area contributed by atoms with Crippen LogP contribution < -0.4 is 0 Å². The first kappa shape index (κ1) is 23.3. The number of allylic oxidation sites excluding steroid dienone is 1. The molecule has 2 aromatic carbocycles. The highest BCUT2D eigenvalue weighted by Gasteiger charge is 1.99. The van der Waals surface area contributed by atoms with Crippen LogP contribution in [0.4, 0.5) is 0 Å². The Morgan fingerprint density at radius 1 is 0.852 bits per heavy atom. The minimum absolute atomic E-state index is 0.206. The lowest BCUT2D eigenvalue weighted by Crippen LogP contribution is -1.96. The fourth-order valence-corrected chi connectivity index (χ4v) is 1.58. The van der Waals surface area contributed by atoms with Crippen molar-refractivity contribution in [3.63, 3.8) is 0 Å². The monoisotopic (exact) mass is 364 g/mol. The number of rotatable bonds is 6. The third-order valence-electron chi connectivity index (χ3n) is 2.99. The molecule has 2 rings (SSSR count). The van der Waals surface area contributed by atoms with Gasteiger partial charge in [0.05, 0.1) is 0 Å². The van der Waals surface area contributed by atoms with E-state index in [-0.39, 0.29) is 5.57 Å². The molecule has 4 nitrogen and oxygen atoms in total. The number of hydrogen-bond acceptors (Lipinski definition) is 2. The van der Waals surface area contributed by atoms with Crippen molar-refractivity contribution in [1.82, 2.24) is 0 Å². The summed E-state index contributed by atoms with van der Waals surface area (Å²) in [6.07, 6.45) is 6.73. The van der Waals surface area contributed by atoms with E-state index in [9.17, 15) is 9.59 Å². The third kappa shape index (κ3) is 13.3. The van der Waals surface area contributed by atoms with Crippen LogP contribution in [0.3, 0.4) is 0 Å². The first-order chi connectivity index (χ1) is 12.9. The molecule has 4 heteroatoms. The van der Waals surface area contributed by atoms with Gasteiger partial charge in [-0.3, -0.25) is 0 Å². The highest BCUT2D eigenvalue weighted by atomic mass is 16.4. The van der Waals surface area contributed by atoms with Gasteiger partial charge in [-0.15, -0.1) is 0 Å². The smallest absolute Gasteiger partial charge is 0.331 e. The molecule has 0 aliphatic carbocycles. The number of benzene rings is 2. The lowest BCUT2D eigenvalue weighted by molar-refractivity contribution is -0.133. The molecule has 0 fully saturated rings. The van der Waals surface area contributed by atoms with Gasteiger partial charge in [-0.1, -0.05) is 98.6 Å². The van der Waals surface area contributed by atoms with E-state index in [0.717, 1.165) is 11.6 Å². The normalized spacial score (nSPS) is 9.04. The molecule has 0 heterocycles. The van der Waals surface area contributed by atoms with E-state index < -0.39 is 11.9 Å². The van der Waals surface area contributed by atoms with E-state index in [0.29, 0.717) is 6.42 Å². The molecule has 2 N–H and O–H groups in total. The van der Waals surface area contributed by atoms with Crippen LogP contribution in [0.25, 0.3) is 12.2 Å². The average molecular weight is 364 g/mol. The van der Waals surface area contributed by atoms with Crippen LogP contribution in [0.1, 0.15) is 17.5 Å². The summed E-state index contributed by atoms with van der Waals surface area (Å²) in [4.78, 5) is 19.7. The van der Waals surface area contributed by atoms with Crippen LogP contribution in [0.2, 0.25) is 0 Å². The molecule has 0 saturated carbocycles. The van der Waals surface area contributed by atoms with Crippen molar-refractivity contribution < 1.29 is 19.8 Å². The largest absolute Gasteiger partial charge is 0.478 e. The maximum Gasteiger partial charge on any atom is 0.331 e. The van der Waals surface area contributed by atoms with E-state index >= 15 is 0 Å². The summed E-state index contributed by atoms with van der Waals surface area (Å²) in [5, 5.41) is 16.1. The number of carboxylic acid groups (broad SMARTS) is 2. The molecule has 0 spiro atoms. The van der Waals surface area contributed by atoms with E-state index in [1.165, 1.54) is 5.56 Å². The molecule has 27 heavy (non-hydrogen) atoms. The van der Waals surface area contributed by atoms with Crippen molar-refractivity contribution in [2.75, 3.05) is 0 Å². The molecule has 2 aromatic rings. The van der Waals surface area contributed by atoms with Crippen LogP contribution in [-0.2, 0) is 9.59 Å². The van der Waals surface area contributed by atoms with E-state index in [1.807, 2.05) is 72.8 Å². The Balaban J connectivity index is 0.000000437. The zero-order valence-corrected chi connectivity index (χ0v) is 15.1. The molecule has 0 atom stereocenters. The zero-order valence-electron chi connectivity index (χ0n) is 15.1. The summed E-state index contributed by atoms with van der Waals surface area (Å²) in [6.45, 7) is 10.0. The Bertz CT molecular complexity index is 759. The maximum atomic E-state index is 10.4. The van der Waals surface area contributed by atoms with Crippen molar-refractivity contribution in [3.8, 4) is 0 Å². The van der Waals surface area contributed by atoms with Gasteiger partial charge in [0.1, 0.15) is 0 Å². The molecular formula is C23H24O4. The second-order valence-corrected chi connectivity index (χ2v) is 5.08. The van der Waals surface area contributed by atoms with Gasteiger partial charge in [0.2, 0.25) is 0 Å². The summed E-state index contributed by atoms with van der Waals surface area (Å²) in [7, 11) is 0. The molecular weight excluding hydrogens is 340 g/mol. The molecule has 0 aromatic heterocycles. The number of aliphatic carboxylic acids is 2. The molecule has 0 aliphatic heterocycles. The van der Waals surface area contributed by atoms with Crippen molar-refractivity contribution in [1.29, 1.82) is 0 Å². The second kappa shape index (κ2) is 14.7. The van der Waals surface area contributed by atoms with Crippen LogP contribution in [-0.4, -0.2) is 22.2 Å². The van der Waals surface area contributed by atoms with Gasteiger partial charge in [-0.25, -0.2) is 9.59 Å². The number of carbonyl (C=O) groups is 2. The molecule has 0 unspecified atom stereocenters. The molecule has 0 radical (unpaired) electrons. The highest BCUT2D eigenvalue weighted by molar-refractivity contribution is 5.86. The van der Waals surface area contributed by atoms with Gasteiger partial charge in [0.25, 0.3) is 0 Å². The van der Waals surface area contributed by atoms with Gasteiger partial charge in [-0.05, 0) is 17.5 Å². The molecule has 0 bridgehead atoms. The summed E-state index contributed by atoms with van der Waals surface area (Å²) >= 11 is 0. The van der Waals surface area contributed by atoms with Gasteiger partial charge >= 0.3 is 11.9 Å². The Morgan fingerprint density at radius 2 is 1.30 bits per heavy atom. The first-order valence-electron chi connectivity index (χ1n) is 8.06. The SMILES string of the molecule is C=C(CC=Cc1ccccc1)C(=O)O.C=CC(=O)O.C=Cc1ccccc1. The molecule has 0 saturated heterocycles. The quantitative estimate of drug-likeness (QED) is 0.681. The lowest BCUT2D eigenvalue weighted by atomic mass is 10.1. The summed E-state index contributed by atoms with van der Waals surface area (Å²) in [6, 6.07) is 19.8. The fraction of sp³-hybridized carbons (Fsp3) is 0.0435. The van der Waals surface area contributed by atoms with Gasteiger partial charge < -0.3 is 10.2 Å². The Kier molecular flexibility index (Phi) is 12.7. The van der Waals surface area contributed by atoms with Crippen molar-refractivity contribution in [2.45, 2.75) is 6.42 Å². The zero-order chi connectivity index (χ0) is 20.5. The predicted molar refractivity (Wildman–Crippen MR) is 111 cm³/mol. The third-order valence-corrected chi connectivity index (χ3v) is 2.99. The van der Waals surface area contributed by atoms with Crippen molar-refractivity contribution in [2.24, 2.45) is 0 Å². The Hall–Kier alpha value is -3.66. The standard InChI is InChI=1S/C12H12O2.C8H8.C3H4O2/c1-10(12(13)14)6-5-9-11-7-3-2-4-8-11;1-2-8-6-4-3-5-7-8;1-2-3(4)5/h2-5,7-9H,1,6H2,(H,13,14);2-7H,1H2;2H,1H2,(H,4,5).